The summed E-state index contributed by atoms with van der Waals surface area (Å²) in [4.78, 5) is 7.24. The molecule has 48 heavy (non-hydrogen) atoms. The van der Waals surface area contributed by atoms with Crippen LogP contribution in [0.1, 0.15) is 0 Å². The molecule has 0 amide bonds. The van der Waals surface area contributed by atoms with Crippen molar-refractivity contribution in [2.75, 3.05) is 4.90 Å². The predicted molar refractivity (Wildman–Crippen MR) is 200 cm³/mol. The van der Waals surface area contributed by atoms with Crippen molar-refractivity contribution in [3.63, 3.8) is 0 Å². The molecular weight excluding hydrogens is 585 g/mol. The number of nitrogens with zero attached hydrogens (tertiary/aromatic N) is 2. The third-order valence-corrected chi connectivity index (χ3v) is 9.06. The normalized spacial score (nSPS) is 11.3. The van der Waals surface area contributed by atoms with E-state index in [1.54, 1.807) is 0 Å². The monoisotopic (exact) mass is 614 g/mol. The van der Waals surface area contributed by atoms with Crippen molar-refractivity contribution in [2.45, 2.75) is 0 Å². The molecule has 9 rings (SSSR count). The lowest BCUT2D eigenvalue weighted by Gasteiger charge is -2.26. The molecule has 0 aliphatic carbocycles. The molecule has 1 heterocycles. The van der Waals surface area contributed by atoms with Gasteiger partial charge in [0.15, 0.2) is 5.58 Å². The Morgan fingerprint density at radius 3 is 1.65 bits per heavy atom. The van der Waals surface area contributed by atoms with Gasteiger partial charge in [0.25, 0.3) is 0 Å². The van der Waals surface area contributed by atoms with E-state index >= 15 is 0 Å². The van der Waals surface area contributed by atoms with Crippen molar-refractivity contribution in [1.82, 2.24) is 4.98 Å². The van der Waals surface area contributed by atoms with Crippen molar-refractivity contribution in [2.24, 2.45) is 0 Å². The Labute approximate surface area is 279 Å². The van der Waals surface area contributed by atoms with Crippen LogP contribution >= 0.6 is 0 Å². The molecule has 0 aliphatic rings. The highest BCUT2D eigenvalue weighted by molar-refractivity contribution is 6.22. The zero-order chi connectivity index (χ0) is 31.9. The Kier molecular flexibility index (Phi) is 6.80. The van der Waals surface area contributed by atoms with Crippen LogP contribution in [-0.4, -0.2) is 4.98 Å². The van der Waals surface area contributed by atoms with Crippen molar-refractivity contribution >= 4 is 49.7 Å². The largest absolute Gasteiger partial charge is 0.435 e. The highest BCUT2D eigenvalue weighted by Gasteiger charge is 2.19. The molecule has 0 bridgehead atoms. The van der Waals surface area contributed by atoms with E-state index in [0.29, 0.717) is 5.89 Å². The predicted octanol–water partition coefficient (Wildman–Crippen LogP) is 12.6. The Morgan fingerprint density at radius 1 is 0.417 bits per heavy atom. The molecule has 0 spiro atoms. The molecular formula is C45H30N2O. The molecule has 0 N–H and O–H groups in total. The molecule has 226 valence electrons. The van der Waals surface area contributed by atoms with Gasteiger partial charge < -0.3 is 9.32 Å². The van der Waals surface area contributed by atoms with Crippen LogP contribution in [0, 0.1) is 0 Å². The van der Waals surface area contributed by atoms with E-state index in [9.17, 15) is 0 Å². The second-order valence-corrected chi connectivity index (χ2v) is 12.0. The summed E-state index contributed by atoms with van der Waals surface area (Å²) in [5, 5.41) is 4.47. The summed E-state index contributed by atoms with van der Waals surface area (Å²) in [6.07, 6.45) is 0. The second-order valence-electron chi connectivity index (χ2n) is 12.0. The topological polar surface area (TPSA) is 29.3 Å². The fourth-order valence-corrected chi connectivity index (χ4v) is 6.77. The lowest BCUT2D eigenvalue weighted by Crippen LogP contribution is -2.09. The fourth-order valence-electron chi connectivity index (χ4n) is 6.77. The summed E-state index contributed by atoms with van der Waals surface area (Å²) in [6.45, 7) is 0. The molecule has 3 nitrogen and oxygen atoms in total. The van der Waals surface area contributed by atoms with Crippen LogP contribution in [0.4, 0.5) is 17.1 Å². The lowest BCUT2D eigenvalue weighted by atomic mass is 9.92. The van der Waals surface area contributed by atoms with Crippen LogP contribution in [-0.2, 0) is 0 Å². The van der Waals surface area contributed by atoms with Crippen molar-refractivity contribution in [3.8, 4) is 33.7 Å². The van der Waals surface area contributed by atoms with Crippen LogP contribution in [0.25, 0.3) is 66.4 Å². The molecule has 0 unspecified atom stereocenters. The highest BCUT2D eigenvalue weighted by Crippen LogP contribution is 2.43. The fraction of sp³-hybridized carbons (Fsp3) is 0. The van der Waals surface area contributed by atoms with E-state index in [0.717, 1.165) is 66.4 Å². The average Bonchev–Trinajstić information content (AvgIpc) is 3.61. The van der Waals surface area contributed by atoms with E-state index in [1.165, 1.54) is 11.1 Å². The van der Waals surface area contributed by atoms with Crippen LogP contribution in [0.5, 0.6) is 0 Å². The Morgan fingerprint density at radius 2 is 0.958 bits per heavy atom. The summed E-state index contributed by atoms with van der Waals surface area (Å²) in [6, 6.07) is 64.0. The summed E-state index contributed by atoms with van der Waals surface area (Å²) >= 11 is 0. The number of oxazole rings is 1. The lowest BCUT2D eigenvalue weighted by molar-refractivity contribution is 0.623. The average molecular weight is 615 g/mol. The first-order valence-electron chi connectivity index (χ1n) is 16.2. The van der Waals surface area contributed by atoms with Gasteiger partial charge in [-0.1, -0.05) is 121 Å². The smallest absolute Gasteiger partial charge is 0.227 e. The summed E-state index contributed by atoms with van der Waals surface area (Å²) in [7, 11) is 0. The first kappa shape index (κ1) is 27.8. The van der Waals surface area contributed by atoms with Gasteiger partial charge in [-0.15, -0.1) is 0 Å². The summed E-state index contributed by atoms with van der Waals surface area (Å²) < 4.78 is 6.61. The number of aromatic nitrogens is 1. The molecule has 0 fully saturated rings. The van der Waals surface area contributed by atoms with Crippen LogP contribution in [0.2, 0.25) is 0 Å². The number of rotatable bonds is 6. The third-order valence-electron chi connectivity index (χ3n) is 9.06. The van der Waals surface area contributed by atoms with E-state index in [2.05, 4.69) is 157 Å². The van der Waals surface area contributed by atoms with Gasteiger partial charge in [-0.3, -0.25) is 0 Å². The number of benzene rings is 8. The maximum Gasteiger partial charge on any atom is 0.227 e. The van der Waals surface area contributed by atoms with Crippen LogP contribution in [0.3, 0.4) is 0 Å². The van der Waals surface area contributed by atoms with E-state index in [1.807, 2.05) is 30.3 Å². The van der Waals surface area contributed by atoms with Gasteiger partial charge in [0.1, 0.15) is 5.52 Å². The zero-order valence-electron chi connectivity index (χ0n) is 26.1. The maximum atomic E-state index is 6.61. The number of para-hydroxylation sites is 1. The number of anilines is 3. The van der Waals surface area contributed by atoms with Crippen LogP contribution < -0.4 is 4.90 Å². The van der Waals surface area contributed by atoms with E-state index < -0.39 is 0 Å². The van der Waals surface area contributed by atoms with Crippen molar-refractivity contribution in [1.29, 1.82) is 0 Å². The molecule has 9 aromatic rings. The quantitative estimate of drug-likeness (QED) is 0.175. The van der Waals surface area contributed by atoms with E-state index in [-0.39, 0.29) is 0 Å². The van der Waals surface area contributed by atoms with Gasteiger partial charge in [0.05, 0.1) is 0 Å². The van der Waals surface area contributed by atoms with E-state index in [4.69, 9.17) is 9.40 Å². The summed E-state index contributed by atoms with van der Waals surface area (Å²) in [5.74, 6) is 0.627. The molecule has 0 atom stereocenters. The molecule has 0 saturated carbocycles. The Bertz CT molecular complexity index is 2520. The van der Waals surface area contributed by atoms with Gasteiger partial charge in [-0.2, -0.15) is 0 Å². The molecule has 8 aromatic carbocycles. The number of hydrogen-bond donors (Lipinski definition) is 0. The SMILES string of the molecule is c1ccc(-c2ccc(N(c3ccccc3)c3ccc4c(c3)cc(-c3ccccc3)c3ccc5nc(-c6ccccc6)oc5c34)cc2)cc1. The van der Waals surface area contributed by atoms with Gasteiger partial charge in [0.2, 0.25) is 5.89 Å². The minimum Gasteiger partial charge on any atom is -0.435 e. The molecule has 3 heteroatoms. The molecule has 0 aliphatic heterocycles. The number of hydrogen-bond acceptors (Lipinski definition) is 3. The standard InChI is InChI=1S/C45H30N2O/c1-5-13-31(14-6-1)32-21-23-37(24-22-32)47(36-19-11-4-12-20-36)38-25-26-39-35(29-38)30-41(33-15-7-2-8-16-33)40-27-28-42-44(43(39)40)48-45(46-42)34-17-9-3-10-18-34/h1-30H. The minimum atomic E-state index is 0.627. The first-order valence-corrected chi connectivity index (χ1v) is 16.2. The third kappa shape index (κ3) is 4.90. The van der Waals surface area contributed by atoms with Gasteiger partial charge >= 0.3 is 0 Å². The van der Waals surface area contributed by atoms with Gasteiger partial charge in [-0.05, 0) is 99.1 Å². The van der Waals surface area contributed by atoms with Gasteiger partial charge in [-0.25, -0.2) is 4.98 Å². The molecule has 0 radical (unpaired) electrons. The zero-order valence-corrected chi connectivity index (χ0v) is 26.1. The summed E-state index contributed by atoms with van der Waals surface area (Å²) in [5.41, 5.74) is 10.6. The Balaban J connectivity index is 1.27. The number of fused-ring (bicyclic) bond motifs is 5. The highest BCUT2D eigenvalue weighted by atomic mass is 16.3. The molecule has 0 saturated heterocycles. The van der Waals surface area contributed by atoms with Gasteiger partial charge in [0, 0.05) is 28.0 Å². The maximum absolute atomic E-state index is 6.61. The first-order chi connectivity index (χ1) is 23.8. The van der Waals surface area contributed by atoms with Crippen LogP contribution in [0.15, 0.2) is 186 Å². The van der Waals surface area contributed by atoms with Crippen molar-refractivity contribution in [3.05, 3.63) is 182 Å². The molecule has 1 aromatic heterocycles. The second kappa shape index (κ2) is 11.7. The Hall–Kier alpha value is -6.45. The minimum absolute atomic E-state index is 0.627. The van der Waals surface area contributed by atoms with Crippen molar-refractivity contribution < 1.29 is 4.42 Å².